The lowest BCUT2D eigenvalue weighted by Crippen LogP contribution is -2.48. The molecule has 0 bridgehead atoms. The number of urea groups is 1. The number of likely N-dealkylation sites (tertiary alicyclic amines) is 1. The highest BCUT2D eigenvalue weighted by Crippen LogP contribution is 2.31. The summed E-state index contributed by atoms with van der Waals surface area (Å²) in [7, 11) is 0. The van der Waals surface area contributed by atoms with Gasteiger partial charge in [-0.15, -0.1) is 0 Å². The van der Waals surface area contributed by atoms with Gasteiger partial charge in [0.15, 0.2) is 29.1 Å². The maximum atomic E-state index is 12.5. The third-order valence-electron chi connectivity index (χ3n) is 5.49. The highest BCUT2D eigenvalue weighted by atomic mass is 16.6. The van der Waals surface area contributed by atoms with Crippen molar-refractivity contribution in [3.8, 4) is 11.5 Å². The molecule has 1 atom stereocenters. The molecule has 1 unspecified atom stereocenters. The van der Waals surface area contributed by atoms with Crippen molar-refractivity contribution in [2.75, 3.05) is 26.2 Å². The Morgan fingerprint density at radius 3 is 2.66 bits per heavy atom. The second-order valence-corrected chi connectivity index (χ2v) is 7.46. The number of nitrogens with zero attached hydrogens (tertiary/aromatic N) is 2. The summed E-state index contributed by atoms with van der Waals surface area (Å²) < 4.78 is 17.5. The van der Waals surface area contributed by atoms with Crippen LogP contribution in [0.15, 0.2) is 52.9 Å². The van der Waals surface area contributed by atoms with Gasteiger partial charge in [0.1, 0.15) is 12.1 Å². The second kappa shape index (κ2) is 7.66. The number of benzene rings is 2. The third kappa shape index (κ3) is 3.72. The Morgan fingerprint density at radius 1 is 1.07 bits per heavy atom. The fourth-order valence-electron chi connectivity index (χ4n) is 3.87. The number of carbonyl (C=O) groups is 1. The number of para-hydroxylation sites is 4. The number of hydrogen-bond acceptors (Lipinski definition) is 5. The number of fused-ring (bicyclic) bond motifs is 2. The number of rotatable bonds is 3. The zero-order chi connectivity index (χ0) is 19.6. The third-order valence-corrected chi connectivity index (χ3v) is 5.49. The summed E-state index contributed by atoms with van der Waals surface area (Å²) in [6.45, 7) is 2.20. The first-order chi connectivity index (χ1) is 14.3. The van der Waals surface area contributed by atoms with Crippen LogP contribution >= 0.6 is 0 Å². The SMILES string of the molecule is O=C(NCC1COc2ccccc2O1)N1CCC(c2nc3ccccc3o2)CC1. The predicted octanol–water partition coefficient (Wildman–Crippen LogP) is 3.56. The number of oxazole rings is 1. The Kier molecular flexibility index (Phi) is 4.71. The molecule has 1 saturated heterocycles. The Morgan fingerprint density at radius 2 is 1.83 bits per heavy atom. The minimum Gasteiger partial charge on any atom is -0.486 e. The van der Waals surface area contributed by atoms with Crippen LogP contribution < -0.4 is 14.8 Å². The van der Waals surface area contributed by atoms with Gasteiger partial charge in [-0.25, -0.2) is 9.78 Å². The molecule has 3 heterocycles. The molecule has 0 radical (unpaired) electrons. The van der Waals surface area contributed by atoms with Crippen LogP contribution in [0.4, 0.5) is 4.79 Å². The molecule has 150 valence electrons. The van der Waals surface area contributed by atoms with Gasteiger partial charge in [-0.1, -0.05) is 24.3 Å². The fraction of sp³-hybridized carbons (Fsp3) is 0.364. The molecule has 2 aliphatic rings. The van der Waals surface area contributed by atoms with Crippen molar-refractivity contribution in [2.24, 2.45) is 0 Å². The zero-order valence-electron chi connectivity index (χ0n) is 16.0. The maximum Gasteiger partial charge on any atom is 0.317 e. The van der Waals surface area contributed by atoms with Crippen LogP contribution in [0.1, 0.15) is 24.7 Å². The van der Waals surface area contributed by atoms with E-state index in [1.807, 2.05) is 53.4 Å². The average Bonchev–Trinajstić information content (AvgIpc) is 3.22. The van der Waals surface area contributed by atoms with Crippen molar-refractivity contribution in [1.82, 2.24) is 15.2 Å². The molecule has 7 nitrogen and oxygen atoms in total. The molecule has 0 aliphatic carbocycles. The number of nitrogens with one attached hydrogen (secondary N) is 1. The van der Waals surface area contributed by atoms with Gasteiger partial charge in [0, 0.05) is 19.0 Å². The Labute approximate surface area is 168 Å². The maximum absolute atomic E-state index is 12.5. The van der Waals surface area contributed by atoms with Crippen molar-refractivity contribution in [3.63, 3.8) is 0 Å². The quantitative estimate of drug-likeness (QED) is 0.736. The Bertz CT molecular complexity index is 977. The Hall–Kier alpha value is -3.22. The molecule has 0 spiro atoms. The number of aromatic nitrogens is 1. The molecule has 2 aliphatic heterocycles. The molecule has 1 fully saturated rings. The van der Waals surface area contributed by atoms with E-state index in [2.05, 4.69) is 10.3 Å². The minimum absolute atomic E-state index is 0.0662. The predicted molar refractivity (Wildman–Crippen MR) is 107 cm³/mol. The zero-order valence-corrected chi connectivity index (χ0v) is 16.0. The molecule has 7 heteroatoms. The number of amides is 2. The van der Waals surface area contributed by atoms with Crippen LogP contribution in [0.5, 0.6) is 11.5 Å². The highest BCUT2D eigenvalue weighted by Gasteiger charge is 2.28. The number of piperidine rings is 1. The molecule has 1 aromatic heterocycles. The van der Waals surface area contributed by atoms with Crippen LogP contribution in [0, 0.1) is 0 Å². The molecule has 29 heavy (non-hydrogen) atoms. The summed E-state index contributed by atoms with van der Waals surface area (Å²) in [6.07, 6.45) is 1.50. The van der Waals surface area contributed by atoms with Gasteiger partial charge in [0.25, 0.3) is 0 Å². The molecule has 0 saturated carbocycles. The fourth-order valence-corrected chi connectivity index (χ4v) is 3.87. The van der Waals surface area contributed by atoms with Gasteiger partial charge in [0.2, 0.25) is 0 Å². The summed E-state index contributed by atoms with van der Waals surface area (Å²) in [6, 6.07) is 15.3. The van der Waals surface area contributed by atoms with Crippen molar-refractivity contribution < 1.29 is 18.7 Å². The first-order valence-electron chi connectivity index (χ1n) is 10.0. The molecule has 2 aromatic carbocycles. The van der Waals surface area contributed by atoms with E-state index in [-0.39, 0.29) is 18.1 Å². The van der Waals surface area contributed by atoms with Gasteiger partial charge >= 0.3 is 6.03 Å². The lowest BCUT2D eigenvalue weighted by Gasteiger charge is -2.32. The molecular formula is C22H23N3O4. The van der Waals surface area contributed by atoms with E-state index in [4.69, 9.17) is 13.9 Å². The Balaban J connectivity index is 1.12. The molecule has 2 amide bonds. The van der Waals surface area contributed by atoms with Gasteiger partial charge in [-0.05, 0) is 37.1 Å². The molecule has 3 aromatic rings. The van der Waals surface area contributed by atoms with Crippen LogP contribution in [0.2, 0.25) is 0 Å². The van der Waals surface area contributed by atoms with Crippen molar-refractivity contribution in [1.29, 1.82) is 0 Å². The van der Waals surface area contributed by atoms with Crippen molar-refractivity contribution in [2.45, 2.75) is 24.9 Å². The molecule has 1 N–H and O–H groups in total. The summed E-state index contributed by atoms with van der Waals surface area (Å²) in [4.78, 5) is 19.0. The van der Waals surface area contributed by atoms with Crippen molar-refractivity contribution in [3.05, 3.63) is 54.4 Å². The lowest BCUT2D eigenvalue weighted by molar-refractivity contribution is 0.0894. The number of carbonyl (C=O) groups excluding carboxylic acids is 1. The van der Waals surface area contributed by atoms with Crippen LogP contribution in [-0.4, -0.2) is 48.3 Å². The van der Waals surface area contributed by atoms with Crippen LogP contribution in [0.3, 0.4) is 0 Å². The van der Waals surface area contributed by atoms with Gasteiger partial charge in [-0.3, -0.25) is 0 Å². The number of ether oxygens (including phenoxy) is 2. The van der Waals surface area contributed by atoms with E-state index >= 15 is 0 Å². The highest BCUT2D eigenvalue weighted by molar-refractivity contribution is 5.74. The first kappa shape index (κ1) is 17.8. The monoisotopic (exact) mass is 393 g/mol. The van der Waals surface area contributed by atoms with Crippen LogP contribution in [0.25, 0.3) is 11.1 Å². The largest absolute Gasteiger partial charge is 0.486 e. The van der Waals surface area contributed by atoms with E-state index < -0.39 is 0 Å². The van der Waals surface area contributed by atoms with Gasteiger partial charge in [-0.2, -0.15) is 0 Å². The summed E-state index contributed by atoms with van der Waals surface area (Å²) in [5.74, 6) is 2.49. The summed E-state index contributed by atoms with van der Waals surface area (Å²) in [5.41, 5.74) is 1.71. The normalized spacial score (nSPS) is 19.3. The molecular weight excluding hydrogens is 370 g/mol. The topological polar surface area (TPSA) is 76.8 Å². The first-order valence-corrected chi connectivity index (χ1v) is 10.0. The van der Waals surface area contributed by atoms with Gasteiger partial charge < -0.3 is 24.1 Å². The average molecular weight is 393 g/mol. The van der Waals surface area contributed by atoms with Gasteiger partial charge in [0.05, 0.1) is 6.54 Å². The minimum atomic E-state index is -0.189. The lowest BCUT2D eigenvalue weighted by atomic mass is 9.97. The van der Waals surface area contributed by atoms with Crippen molar-refractivity contribution >= 4 is 17.1 Å². The van der Waals surface area contributed by atoms with E-state index in [9.17, 15) is 4.79 Å². The summed E-state index contributed by atoms with van der Waals surface area (Å²) in [5, 5.41) is 2.97. The van der Waals surface area contributed by atoms with E-state index in [0.717, 1.165) is 41.3 Å². The van der Waals surface area contributed by atoms with E-state index in [0.29, 0.717) is 26.2 Å². The van der Waals surface area contributed by atoms with E-state index in [1.165, 1.54) is 0 Å². The van der Waals surface area contributed by atoms with Crippen LogP contribution in [-0.2, 0) is 0 Å². The van der Waals surface area contributed by atoms with E-state index in [1.54, 1.807) is 0 Å². The standard InChI is InChI=1S/C22H23N3O4/c26-22(23-13-16-14-27-19-7-3-4-8-20(19)28-16)25-11-9-15(10-12-25)21-24-17-5-1-2-6-18(17)29-21/h1-8,15-16H,9-14H2,(H,23,26). The second-order valence-electron chi connectivity index (χ2n) is 7.46. The number of hydrogen-bond donors (Lipinski definition) is 1. The summed E-state index contributed by atoms with van der Waals surface area (Å²) >= 11 is 0. The smallest absolute Gasteiger partial charge is 0.317 e. The molecule has 5 rings (SSSR count).